The number of carbonyl (C=O) groups excluding carboxylic acids is 2. The van der Waals surface area contributed by atoms with Gasteiger partial charge in [-0.25, -0.2) is 0 Å². The Bertz CT molecular complexity index is 220. The first-order valence-corrected chi connectivity index (χ1v) is 5.14. The lowest BCUT2D eigenvalue weighted by atomic mass is 9.94. The molecular formula is C11H18O2. The van der Waals surface area contributed by atoms with E-state index in [4.69, 9.17) is 0 Å². The van der Waals surface area contributed by atoms with Gasteiger partial charge in [0.1, 0.15) is 11.6 Å². The highest BCUT2D eigenvalue weighted by molar-refractivity contribution is 6.03. The summed E-state index contributed by atoms with van der Waals surface area (Å²) in [6, 6.07) is 0. The summed E-state index contributed by atoms with van der Waals surface area (Å²) in [5, 5.41) is 0. The smallest absolute Gasteiger partial charge is 0.146 e. The SMILES string of the molecule is CCCC(=O)C(C)C(=O)C1CC1C. The Morgan fingerprint density at radius 2 is 2.00 bits per heavy atom. The van der Waals surface area contributed by atoms with Crippen LogP contribution in [0.3, 0.4) is 0 Å². The summed E-state index contributed by atoms with van der Waals surface area (Å²) in [5.41, 5.74) is 0. The van der Waals surface area contributed by atoms with Crippen molar-refractivity contribution < 1.29 is 9.59 Å². The zero-order valence-electron chi connectivity index (χ0n) is 8.67. The number of ketones is 2. The Labute approximate surface area is 79.7 Å². The average Bonchev–Trinajstić information content (AvgIpc) is 2.80. The average molecular weight is 182 g/mol. The van der Waals surface area contributed by atoms with Crippen molar-refractivity contribution in [2.24, 2.45) is 17.8 Å². The van der Waals surface area contributed by atoms with Crippen LogP contribution in [-0.2, 0) is 9.59 Å². The Hall–Kier alpha value is -0.660. The van der Waals surface area contributed by atoms with Gasteiger partial charge in [-0.05, 0) is 25.7 Å². The quantitative estimate of drug-likeness (QED) is 0.611. The van der Waals surface area contributed by atoms with Crippen LogP contribution >= 0.6 is 0 Å². The molecule has 0 aromatic carbocycles. The molecule has 2 nitrogen and oxygen atoms in total. The molecule has 0 heterocycles. The molecule has 0 bridgehead atoms. The molecule has 1 aliphatic carbocycles. The fraction of sp³-hybridized carbons (Fsp3) is 0.818. The van der Waals surface area contributed by atoms with E-state index >= 15 is 0 Å². The van der Waals surface area contributed by atoms with Gasteiger partial charge in [0.2, 0.25) is 0 Å². The first kappa shape index (κ1) is 10.4. The second-order valence-corrected chi connectivity index (χ2v) is 4.16. The topological polar surface area (TPSA) is 34.1 Å². The van der Waals surface area contributed by atoms with Crippen molar-refractivity contribution in [3.8, 4) is 0 Å². The second-order valence-electron chi connectivity index (χ2n) is 4.16. The molecule has 3 atom stereocenters. The molecule has 0 radical (unpaired) electrons. The maximum absolute atomic E-state index is 11.6. The van der Waals surface area contributed by atoms with Crippen LogP contribution in [0.2, 0.25) is 0 Å². The van der Waals surface area contributed by atoms with E-state index in [2.05, 4.69) is 6.92 Å². The molecule has 13 heavy (non-hydrogen) atoms. The molecule has 0 N–H and O–H groups in total. The number of rotatable bonds is 5. The normalized spacial score (nSPS) is 28.2. The zero-order valence-corrected chi connectivity index (χ0v) is 8.67. The summed E-state index contributed by atoms with van der Waals surface area (Å²) < 4.78 is 0. The molecule has 74 valence electrons. The molecule has 1 fully saturated rings. The lowest BCUT2D eigenvalue weighted by Gasteiger charge is -2.07. The van der Waals surface area contributed by atoms with Gasteiger partial charge in [0.05, 0.1) is 5.92 Å². The highest BCUT2D eigenvalue weighted by Gasteiger charge is 2.42. The lowest BCUT2D eigenvalue weighted by molar-refractivity contribution is -0.132. The molecule has 0 saturated heterocycles. The van der Waals surface area contributed by atoms with Crippen LogP contribution in [0, 0.1) is 17.8 Å². The summed E-state index contributed by atoms with van der Waals surface area (Å²) in [7, 11) is 0. The van der Waals surface area contributed by atoms with E-state index in [0.29, 0.717) is 12.3 Å². The summed E-state index contributed by atoms with van der Waals surface area (Å²) in [5.74, 6) is 0.646. The van der Waals surface area contributed by atoms with E-state index in [-0.39, 0.29) is 23.4 Å². The molecule has 0 spiro atoms. The minimum absolute atomic E-state index is 0.117. The van der Waals surface area contributed by atoms with Gasteiger partial charge in [0.15, 0.2) is 0 Å². The van der Waals surface area contributed by atoms with Crippen molar-refractivity contribution in [1.82, 2.24) is 0 Å². The predicted octanol–water partition coefficient (Wildman–Crippen LogP) is 2.22. The summed E-state index contributed by atoms with van der Waals surface area (Å²) in [6.07, 6.45) is 2.38. The maximum atomic E-state index is 11.6. The standard InChI is InChI=1S/C11H18O2/c1-4-5-10(12)8(3)11(13)9-6-7(9)2/h7-9H,4-6H2,1-3H3. The van der Waals surface area contributed by atoms with Gasteiger partial charge in [-0.2, -0.15) is 0 Å². The van der Waals surface area contributed by atoms with Crippen LogP contribution in [0.15, 0.2) is 0 Å². The Kier molecular flexibility index (Phi) is 3.23. The highest BCUT2D eigenvalue weighted by atomic mass is 16.2. The number of hydrogen-bond acceptors (Lipinski definition) is 2. The number of Topliss-reactive ketones (excluding diaryl/α,β-unsaturated/α-hetero) is 2. The first-order chi connectivity index (χ1) is 6.07. The van der Waals surface area contributed by atoms with Crippen LogP contribution in [-0.4, -0.2) is 11.6 Å². The van der Waals surface area contributed by atoms with Gasteiger partial charge in [-0.1, -0.05) is 13.8 Å². The Morgan fingerprint density at radius 3 is 2.38 bits per heavy atom. The molecule has 3 unspecified atom stereocenters. The third-order valence-electron chi connectivity index (χ3n) is 2.88. The molecule has 0 aliphatic heterocycles. The number of carbonyl (C=O) groups is 2. The lowest BCUT2D eigenvalue weighted by Crippen LogP contribution is -2.22. The van der Waals surface area contributed by atoms with Gasteiger partial charge >= 0.3 is 0 Å². The summed E-state index contributed by atoms with van der Waals surface area (Å²) in [6.45, 7) is 5.79. The van der Waals surface area contributed by atoms with Crippen molar-refractivity contribution in [3.05, 3.63) is 0 Å². The molecule has 0 amide bonds. The fourth-order valence-electron chi connectivity index (χ4n) is 1.66. The van der Waals surface area contributed by atoms with E-state index < -0.39 is 0 Å². The van der Waals surface area contributed by atoms with Crippen molar-refractivity contribution in [2.75, 3.05) is 0 Å². The van der Waals surface area contributed by atoms with Gasteiger partial charge in [-0.3, -0.25) is 9.59 Å². The minimum Gasteiger partial charge on any atom is -0.299 e. The van der Waals surface area contributed by atoms with Crippen molar-refractivity contribution in [2.45, 2.75) is 40.0 Å². The third kappa shape index (κ3) is 2.39. The number of hydrogen-bond donors (Lipinski definition) is 0. The second kappa shape index (κ2) is 4.03. The molecule has 0 aromatic heterocycles. The largest absolute Gasteiger partial charge is 0.299 e. The van der Waals surface area contributed by atoms with Crippen molar-refractivity contribution >= 4 is 11.6 Å². The van der Waals surface area contributed by atoms with Crippen LogP contribution < -0.4 is 0 Å². The van der Waals surface area contributed by atoms with Crippen LogP contribution in [0.25, 0.3) is 0 Å². The predicted molar refractivity (Wildman–Crippen MR) is 51.4 cm³/mol. The monoisotopic (exact) mass is 182 g/mol. The summed E-state index contributed by atoms with van der Waals surface area (Å²) in [4.78, 5) is 23.0. The Balaban J connectivity index is 2.42. The van der Waals surface area contributed by atoms with Gasteiger partial charge in [0, 0.05) is 12.3 Å². The van der Waals surface area contributed by atoms with Crippen molar-refractivity contribution in [1.29, 1.82) is 0 Å². The highest BCUT2D eigenvalue weighted by Crippen LogP contribution is 2.40. The van der Waals surface area contributed by atoms with E-state index in [1.54, 1.807) is 6.92 Å². The molecule has 0 aromatic rings. The minimum atomic E-state index is -0.352. The van der Waals surface area contributed by atoms with E-state index in [1.807, 2.05) is 6.92 Å². The Morgan fingerprint density at radius 1 is 1.46 bits per heavy atom. The van der Waals surface area contributed by atoms with Gasteiger partial charge < -0.3 is 0 Å². The van der Waals surface area contributed by atoms with Crippen LogP contribution in [0.4, 0.5) is 0 Å². The first-order valence-electron chi connectivity index (χ1n) is 5.14. The van der Waals surface area contributed by atoms with Gasteiger partial charge in [-0.15, -0.1) is 0 Å². The maximum Gasteiger partial charge on any atom is 0.146 e. The van der Waals surface area contributed by atoms with Crippen LogP contribution in [0.5, 0.6) is 0 Å². The van der Waals surface area contributed by atoms with Crippen molar-refractivity contribution in [3.63, 3.8) is 0 Å². The van der Waals surface area contributed by atoms with E-state index in [9.17, 15) is 9.59 Å². The molecule has 1 aliphatic rings. The third-order valence-corrected chi connectivity index (χ3v) is 2.88. The molecule has 1 saturated carbocycles. The van der Waals surface area contributed by atoms with E-state index in [0.717, 1.165) is 12.8 Å². The molecular weight excluding hydrogens is 164 g/mol. The molecule has 1 rings (SSSR count). The van der Waals surface area contributed by atoms with Gasteiger partial charge in [0.25, 0.3) is 0 Å². The molecule has 2 heteroatoms. The zero-order chi connectivity index (χ0) is 10.0. The fourth-order valence-corrected chi connectivity index (χ4v) is 1.66. The van der Waals surface area contributed by atoms with E-state index in [1.165, 1.54) is 0 Å². The summed E-state index contributed by atoms with van der Waals surface area (Å²) >= 11 is 0. The van der Waals surface area contributed by atoms with Crippen LogP contribution in [0.1, 0.15) is 40.0 Å².